The Morgan fingerprint density at radius 3 is 2.60 bits per heavy atom. The van der Waals surface area contributed by atoms with E-state index in [2.05, 4.69) is 9.88 Å². The van der Waals surface area contributed by atoms with E-state index in [9.17, 15) is 8.42 Å². The van der Waals surface area contributed by atoms with Crippen molar-refractivity contribution < 1.29 is 22.9 Å². The number of rotatable bonds is 5. The molecule has 1 aliphatic heterocycles. The summed E-state index contributed by atoms with van der Waals surface area (Å²) in [6, 6.07) is 9.12. The lowest BCUT2D eigenvalue weighted by Gasteiger charge is -2.21. The van der Waals surface area contributed by atoms with Gasteiger partial charge in [0.2, 0.25) is 10.0 Å². The quantitative estimate of drug-likeness (QED) is 0.867. The average Bonchev–Trinajstić information content (AvgIpc) is 3.10. The molecule has 1 aromatic heterocycles. The molecule has 0 saturated carbocycles. The Balaban J connectivity index is 1.96. The fraction of sp³-hybridized carbons (Fsp3) is 0.353. The lowest BCUT2D eigenvalue weighted by Crippen LogP contribution is -2.29. The van der Waals surface area contributed by atoms with Gasteiger partial charge in [-0.2, -0.15) is 0 Å². The maximum Gasteiger partial charge on any atom is 0.274 e. The van der Waals surface area contributed by atoms with E-state index in [0.29, 0.717) is 0 Å². The second kappa shape index (κ2) is 6.89. The summed E-state index contributed by atoms with van der Waals surface area (Å²) in [4.78, 5) is 5.31. The van der Waals surface area contributed by atoms with Crippen LogP contribution < -0.4 is 24.5 Å². The van der Waals surface area contributed by atoms with Crippen LogP contribution in [0, 0.1) is 0 Å². The molecular weight excluding hydrogens is 342 g/mol. The number of nitrogens with one attached hydrogen (secondary N) is 1. The molecule has 0 radical (unpaired) electrons. The summed E-state index contributed by atoms with van der Waals surface area (Å²) in [6.45, 7) is 0.857. The van der Waals surface area contributed by atoms with Gasteiger partial charge in [-0.1, -0.05) is 0 Å². The molecule has 0 aliphatic carbocycles. The van der Waals surface area contributed by atoms with E-state index < -0.39 is 10.0 Å². The van der Waals surface area contributed by atoms with Gasteiger partial charge in [0.15, 0.2) is 0 Å². The van der Waals surface area contributed by atoms with Crippen LogP contribution in [0.5, 0.6) is 11.5 Å². The first kappa shape index (κ1) is 17.5. The minimum atomic E-state index is -3.71. The van der Waals surface area contributed by atoms with Crippen LogP contribution in [0.3, 0.4) is 0 Å². The van der Waals surface area contributed by atoms with Gasteiger partial charge in [0.1, 0.15) is 28.6 Å². The summed E-state index contributed by atoms with van der Waals surface area (Å²) in [5, 5.41) is 5.16. The first-order chi connectivity index (χ1) is 11.9. The van der Waals surface area contributed by atoms with Gasteiger partial charge in [0, 0.05) is 11.6 Å². The van der Waals surface area contributed by atoms with Crippen molar-refractivity contribution in [1.82, 2.24) is 0 Å². The molecule has 2 heterocycles. The molecule has 0 spiro atoms. The van der Waals surface area contributed by atoms with Crippen LogP contribution in [0.25, 0.3) is 0 Å². The monoisotopic (exact) mass is 364 g/mol. The zero-order valence-electron chi connectivity index (χ0n) is 14.2. The molecule has 1 saturated heterocycles. The van der Waals surface area contributed by atoms with Crippen molar-refractivity contribution in [3.05, 3.63) is 42.1 Å². The first-order valence-electron chi connectivity index (χ1n) is 7.97. The number of methoxy groups -OCH3 is 2. The molecule has 8 heteroatoms. The molecule has 25 heavy (non-hydrogen) atoms. The number of aromatic nitrogens is 1. The van der Waals surface area contributed by atoms with E-state index in [4.69, 9.17) is 14.6 Å². The van der Waals surface area contributed by atoms with Crippen molar-refractivity contribution in [2.45, 2.75) is 23.8 Å². The molecule has 134 valence electrons. The number of pyridine rings is 1. The standard InChI is InChI=1S/C17H21N3O4S/c1-23-12-5-7-16(24-2)14(10-12)15-4-3-9-20(15)17-8-6-13(11-19-17)25(18,21)22/h5-8,10-11,15H,3-4,9H2,1-2H3,(H2,18,21,22)/p+1/t15-/m1/s1. The van der Waals surface area contributed by atoms with Gasteiger partial charge in [-0.25, -0.2) is 18.5 Å². The number of sulfonamides is 1. The molecule has 0 unspecified atom stereocenters. The summed E-state index contributed by atoms with van der Waals surface area (Å²) < 4.78 is 33.7. The second-order valence-corrected chi connectivity index (χ2v) is 7.48. The number of nitrogens with two attached hydrogens (primary N) is 1. The molecule has 1 aromatic carbocycles. The zero-order valence-corrected chi connectivity index (χ0v) is 15.0. The van der Waals surface area contributed by atoms with E-state index in [0.717, 1.165) is 42.3 Å². The van der Waals surface area contributed by atoms with Crippen LogP contribution in [0.15, 0.2) is 41.4 Å². The lowest BCUT2D eigenvalue weighted by atomic mass is 10.0. The summed E-state index contributed by atoms with van der Waals surface area (Å²) in [5.41, 5.74) is 1.04. The highest BCUT2D eigenvalue weighted by Gasteiger charge is 2.35. The third kappa shape index (κ3) is 3.54. The van der Waals surface area contributed by atoms with Gasteiger partial charge in [-0.3, -0.25) is 4.90 Å². The fourth-order valence-corrected chi connectivity index (χ4v) is 3.72. The smallest absolute Gasteiger partial charge is 0.274 e. The van der Waals surface area contributed by atoms with Crippen molar-refractivity contribution in [2.24, 2.45) is 5.14 Å². The van der Waals surface area contributed by atoms with Gasteiger partial charge >= 0.3 is 0 Å². The van der Waals surface area contributed by atoms with E-state index >= 15 is 0 Å². The van der Waals surface area contributed by atoms with Crippen LogP contribution in [-0.4, -0.2) is 29.2 Å². The minimum absolute atomic E-state index is 0.0611. The number of hydrogen-bond donors (Lipinski definition) is 1. The van der Waals surface area contributed by atoms with Gasteiger partial charge < -0.3 is 9.47 Å². The molecule has 0 bridgehead atoms. The zero-order chi connectivity index (χ0) is 18.0. The SMILES string of the molecule is COc1ccc(OC)c([C@H]2CCCN2c2ccc(S(N)(=O)=O)c[nH+]2)c1. The van der Waals surface area contributed by atoms with Crippen molar-refractivity contribution in [1.29, 1.82) is 0 Å². The number of primary sulfonamides is 1. The molecule has 7 nitrogen and oxygen atoms in total. The Morgan fingerprint density at radius 1 is 1.20 bits per heavy atom. The number of aromatic amines is 1. The topological polar surface area (TPSA) is 96.0 Å². The van der Waals surface area contributed by atoms with E-state index in [1.165, 1.54) is 12.3 Å². The minimum Gasteiger partial charge on any atom is -0.497 e. The van der Waals surface area contributed by atoms with Crippen molar-refractivity contribution in [3.8, 4) is 11.5 Å². The number of hydrogen-bond acceptors (Lipinski definition) is 5. The summed E-state index contributed by atoms with van der Waals surface area (Å²) in [7, 11) is -0.428. The lowest BCUT2D eigenvalue weighted by molar-refractivity contribution is -0.367. The largest absolute Gasteiger partial charge is 0.497 e. The Kier molecular flexibility index (Phi) is 4.82. The predicted octanol–water partition coefficient (Wildman–Crippen LogP) is 1.51. The third-order valence-corrected chi connectivity index (χ3v) is 5.37. The molecule has 3 N–H and O–H groups in total. The second-order valence-electron chi connectivity index (χ2n) is 5.91. The Hall–Kier alpha value is -2.32. The number of ether oxygens (including phenoxy) is 2. The van der Waals surface area contributed by atoms with Crippen LogP contribution in [-0.2, 0) is 10.0 Å². The molecule has 1 atom stereocenters. The van der Waals surface area contributed by atoms with Crippen LogP contribution in [0.2, 0.25) is 0 Å². The average molecular weight is 364 g/mol. The maximum atomic E-state index is 11.4. The van der Waals surface area contributed by atoms with Crippen LogP contribution in [0.1, 0.15) is 24.4 Å². The molecule has 1 aliphatic rings. The van der Waals surface area contributed by atoms with E-state index in [1.807, 2.05) is 18.2 Å². The number of benzene rings is 1. The Labute approximate surface area is 147 Å². The van der Waals surface area contributed by atoms with Crippen LogP contribution in [0.4, 0.5) is 5.82 Å². The van der Waals surface area contributed by atoms with Gasteiger partial charge in [-0.15, -0.1) is 0 Å². The van der Waals surface area contributed by atoms with Crippen molar-refractivity contribution in [2.75, 3.05) is 25.7 Å². The van der Waals surface area contributed by atoms with Crippen molar-refractivity contribution in [3.63, 3.8) is 0 Å². The molecule has 2 aromatic rings. The molecule has 1 fully saturated rings. The summed E-state index contributed by atoms with van der Waals surface area (Å²) in [5.74, 6) is 2.41. The number of anilines is 1. The number of H-pyrrole nitrogens is 1. The Morgan fingerprint density at radius 2 is 2.00 bits per heavy atom. The highest BCUT2D eigenvalue weighted by Crippen LogP contribution is 2.40. The Bertz CT molecular complexity index is 853. The molecular formula is C17H22N3O4S+. The normalized spacial score (nSPS) is 17.6. The fourth-order valence-electron chi connectivity index (χ4n) is 3.24. The molecule has 0 amide bonds. The maximum absolute atomic E-state index is 11.4. The highest BCUT2D eigenvalue weighted by molar-refractivity contribution is 7.89. The predicted molar refractivity (Wildman–Crippen MR) is 93.2 cm³/mol. The van der Waals surface area contributed by atoms with Crippen molar-refractivity contribution >= 4 is 15.8 Å². The van der Waals surface area contributed by atoms with Crippen LogP contribution >= 0.6 is 0 Å². The van der Waals surface area contributed by atoms with E-state index in [1.54, 1.807) is 20.3 Å². The highest BCUT2D eigenvalue weighted by atomic mass is 32.2. The number of nitrogens with zero attached hydrogens (tertiary/aromatic N) is 1. The van der Waals surface area contributed by atoms with Gasteiger partial charge in [0.05, 0.1) is 20.8 Å². The van der Waals surface area contributed by atoms with E-state index in [-0.39, 0.29) is 10.9 Å². The summed E-state index contributed by atoms with van der Waals surface area (Å²) >= 11 is 0. The van der Waals surface area contributed by atoms with Gasteiger partial charge in [-0.05, 0) is 37.1 Å². The summed E-state index contributed by atoms with van der Waals surface area (Å²) in [6.07, 6.45) is 3.41. The first-order valence-corrected chi connectivity index (χ1v) is 9.52. The third-order valence-electron chi connectivity index (χ3n) is 4.45. The molecule has 3 rings (SSSR count). The van der Waals surface area contributed by atoms with Gasteiger partial charge in [0.25, 0.3) is 5.82 Å².